The number of sulfonamides is 1. The minimum absolute atomic E-state index is 0.0472. The third-order valence-corrected chi connectivity index (χ3v) is 8.49. The van der Waals surface area contributed by atoms with Crippen LogP contribution in [0.3, 0.4) is 0 Å². The zero-order valence-electron chi connectivity index (χ0n) is 18.5. The van der Waals surface area contributed by atoms with Crippen molar-refractivity contribution >= 4 is 10.0 Å². The van der Waals surface area contributed by atoms with Gasteiger partial charge in [-0.1, -0.05) is 18.2 Å². The zero-order valence-corrected chi connectivity index (χ0v) is 19.3. The molecule has 2 aromatic carbocycles. The Kier molecular flexibility index (Phi) is 4.89. The standard InChI is InChI=1S/C24H22FN5O3S/c1-29-21-11-12-30(34(31,32)17-10-9-15-5-4-6-16(15)13-17)14-19(21)22(28-29)24-27-26-23(33-24)18-7-2-3-8-20(18)25/h2-3,7-10,13H,4-6,11-12,14H2,1H3. The summed E-state index contributed by atoms with van der Waals surface area (Å²) in [6.45, 7) is 0.505. The fraction of sp³-hybridized carbons (Fsp3) is 0.292. The highest BCUT2D eigenvalue weighted by molar-refractivity contribution is 7.89. The van der Waals surface area contributed by atoms with Crippen molar-refractivity contribution in [2.75, 3.05) is 6.54 Å². The van der Waals surface area contributed by atoms with Crippen LogP contribution in [0, 0.1) is 5.82 Å². The first-order valence-electron chi connectivity index (χ1n) is 11.2. The van der Waals surface area contributed by atoms with Crippen molar-refractivity contribution in [3.63, 3.8) is 0 Å². The lowest BCUT2D eigenvalue weighted by molar-refractivity contribution is 0.386. The number of nitrogens with zero attached hydrogens (tertiary/aromatic N) is 5. The van der Waals surface area contributed by atoms with E-state index < -0.39 is 15.8 Å². The first kappa shape index (κ1) is 21.2. The molecule has 174 valence electrons. The normalized spacial score (nSPS) is 15.9. The summed E-state index contributed by atoms with van der Waals surface area (Å²) < 4.78 is 50.1. The van der Waals surface area contributed by atoms with Gasteiger partial charge in [0, 0.05) is 37.8 Å². The van der Waals surface area contributed by atoms with Crippen LogP contribution >= 0.6 is 0 Å². The Morgan fingerprint density at radius 1 is 1.00 bits per heavy atom. The lowest BCUT2D eigenvalue weighted by atomic mass is 10.1. The van der Waals surface area contributed by atoms with Crippen LogP contribution < -0.4 is 0 Å². The molecule has 0 atom stereocenters. The first-order chi connectivity index (χ1) is 16.4. The fourth-order valence-corrected chi connectivity index (χ4v) is 6.32. The number of hydrogen-bond acceptors (Lipinski definition) is 6. The van der Waals surface area contributed by atoms with Crippen molar-refractivity contribution in [3.8, 4) is 23.0 Å². The maximum absolute atomic E-state index is 14.2. The zero-order chi connectivity index (χ0) is 23.4. The van der Waals surface area contributed by atoms with E-state index in [9.17, 15) is 12.8 Å². The monoisotopic (exact) mass is 479 g/mol. The van der Waals surface area contributed by atoms with Gasteiger partial charge in [0.25, 0.3) is 11.8 Å². The molecule has 34 heavy (non-hydrogen) atoms. The highest BCUT2D eigenvalue weighted by Gasteiger charge is 2.34. The highest BCUT2D eigenvalue weighted by Crippen LogP contribution is 2.34. The molecule has 0 N–H and O–H groups in total. The molecule has 1 aliphatic carbocycles. The molecule has 6 rings (SSSR count). The van der Waals surface area contributed by atoms with E-state index in [0.29, 0.717) is 23.6 Å². The fourth-order valence-electron chi connectivity index (χ4n) is 4.86. The molecule has 2 aromatic heterocycles. The SMILES string of the molecule is Cn1nc(-c2nnc(-c3ccccc3F)o2)c2c1CCN(S(=O)(=O)c1ccc3c(c1)CCC3)C2. The minimum atomic E-state index is -3.68. The van der Waals surface area contributed by atoms with Crippen LogP contribution in [0.2, 0.25) is 0 Å². The summed E-state index contributed by atoms with van der Waals surface area (Å²) in [7, 11) is -1.87. The van der Waals surface area contributed by atoms with Gasteiger partial charge in [-0.2, -0.15) is 9.40 Å². The average Bonchev–Trinajstić information content (AvgIpc) is 3.57. The van der Waals surface area contributed by atoms with E-state index in [1.807, 2.05) is 12.1 Å². The number of aryl methyl sites for hydroxylation is 3. The lowest BCUT2D eigenvalue weighted by Gasteiger charge is -2.27. The van der Waals surface area contributed by atoms with Gasteiger partial charge in [-0.15, -0.1) is 10.2 Å². The molecular weight excluding hydrogens is 457 g/mol. The number of hydrogen-bond donors (Lipinski definition) is 0. The second-order valence-corrected chi connectivity index (χ2v) is 10.6. The Morgan fingerprint density at radius 2 is 1.79 bits per heavy atom. The number of aromatic nitrogens is 4. The van der Waals surface area contributed by atoms with Crippen molar-refractivity contribution in [3.05, 3.63) is 70.7 Å². The molecule has 0 bridgehead atoms. The first-order valence-corrected chi connectivity index (χ1v) is 12.6. The molecule has 4 aromatic rings. The predicted octanol–water partition coefficient (Wildman–Crippen LogP) is 3.51. The quantitative estimate of drug-likeness (QED) is 0.445. The summed E-state index contributed by atoms with van der Waals surface area (Å²) in [4.78, 5) is 0.321. The van der Waals surface area contributed by atoms with Crippen LogP contribution in [0.5, 0.6) is 0 Å². The molecule has 2 aliphatic rings. The molecule has 0 saturated carbocycles. The number of halogens is 1. The summed E-state index contributed by atoms with van der Waals surface area (Å²) in [6.07, 6.45) is 3.49. The van der Waals surface area contributed by atoms with Crippen LogP contribution in [0.1, 0.15) is 28.8 Å². The number of benzene rings is 2. The summed E-state index contributed by atoms with van der Waals surface area (Å²) in [5.74, 6) is -0.287. The molecule has 10 heteroatoms. The molecule has 0 radical (unpaired) electrons. The largest absolute Gasteiger partial charge is 0.414 e. The highest BCUT2D eigenvalue weighted by atomic mass is 32.2. The minimum Gasteiger partial charge on any atom is -0.414 e. The molecule has 3 heterocycles. The smallest absolute Gasteiger partial charge is 0.268 e. The van der Waals surface area contributed by atoms with Gasteiger partial charge in [0.05, 0.1) is 10.5 Å². The van der Waals surface area contributed by atoms with Gasteiger partial charge >= 0.3 is 0 Å². The van der Waals surface area contributed by atoms with Crippen LogP contribution in [0.4, 0.5) is 4.39 Å². The Balaban J connectivity index is 1.35. The van der Waals surface area contributed by atoms with Gasteiger partial charge in [0.1, 0.15) is 5.82 Å². The van der Waals surface area contributed by atoms with E-state index in [1.54, 1.807) is 36.0 Å². The van der Waals surface area contributed by atoms with E-state index in [4.69, 9.17) is 4.42 Å². The summed E-state index contributed by atoms with van der Waals surface area (Å²) in [5.41, 5.74) is 4.61. The second-order valence-electron chi connectivity index (χ2n) is 8.66. The Labute approximate surface area is 196 Å². The molecule has 0 fully saturated rings. The predicted molar refractivity (Wildman–Crippen MR) is 122 cm³/mol. The lowest BCUT2D eigenvalue weighted by Crippen LogP contribution is -2.36. The van der Waals surface area contributed by atoms with Crippen molar-refractivity contribution in [1.82, 2.24) is 24.3 Å². The molecule has 0 amide bonds. The molecule has 8 nitrogen and oxygen atoms in total. The van der Waals surface area contributed by atoms with Crippen molar-refractivity contribution in [2.24, 2.45) is 7.05 Å². The average molecular weight is 480 g/mol. The Bertz CT molecular complexity index is 1530. The second kappa shape index (κ2) is 7.85. The topological polar surface area (TPSA) is 94.1 Å². The summed E-state index contributed by atoms with van der Waals surface area (Å²) >= 11 is 0. The molecule has 0 spiro atoms. The Morgan fingerprint density at radius 3 is 2.65 bits per heavy atom. The molecule has 0 unspecified atom stereocenters. The maximum Gasteiger partial charge on any atom is 0.268 e. The van der Waals surface area contributed by atoms with Crippen molar-refractivity contribution in [2.45, 2.75) is 37.1 Å². The van der Waals surface area contributed by atoms with E-state index in [0.717, 1.165) is 36.1 Å². The Hall–Kier alpha value is -3.37. The van der Waals surface area contributed by atoms with Crippen LogP contribution in [0.15, 0.2) is 51.8 Å². The van der Waals surface area contributed by atoms with Gasteiger partial charge in [-0.05, 0) is 54.7 Å². The van der Waals surface area contributed by atoms with Gasteiger partial charge in [-0.25, -0.2) is 12.8 Å². The van der Waals surface area contributed by atoms with Crippen molar-refractivity contribution in [1.29, 1.82) is 0 Å². The van der Waals surface area contributed by atoms with Gasteiger partial charge in [-0.3, -0.25) is 4.68 Å². The van der Waals surface area contributed by atoms with Gasteiger partial charge in [0.15, 0.2) is 5.69 Å². The van der Waals surface area contributed by atoms with E-state index in [2.05, 4.69) is 15.3 Å². The molecular formula is C24H22FN5O3S. The maximum atomic E-state index is 14.2. The summed E-state index contributed by atoms with van der Waals surface area (Å²) in [6, 6.07) is 11.6. The molecule has 1 aliphatic heterocycles. The van der Waals surface area contributed by atoms with Crippen LogP contribution in [0.25, 0.3) is 23.0 Å². The third-order valence-electron chi connectivity index (χ3n) is 6.65. The van der Waals surface area contributed by atoms with E-state index in [-0.39, 0.29) is 23.9 Å². The van der Waals surface area contributed by atoms with Gasteiger partial charge in [0.2, 0.25) is 10.0 Å². The van der Waals surface area contributed by atoms with Crippen LogP contribution in [-0.4, -0.2) is 39.2 Å². The van der Waals surface area contributed by atoms with Crippen LogP contribution in [-0.2, 0) is 42.9 Å². The van der Waals surface area contributed by atoms with E-state index in [1.165, 1.54) is 15.9 Å². The molecule has 0 saturated heterocycles. The van der Waals surface area contributed by atoms with Crippen molar-refractivity contribution < 1.29 is 17.2 Å². The number of rotatable bonds is 4. The third kappa shape index (κ3) is 3.36. The van der Waals surface area contributed by atoms with E-state index >= 15 is 0 Å². The summed E-state index contributed by atoms with van der Waals surface area (Å²) in [5, 5.41) is 12.6. The van der Waals surface area contributed by atoms with Gasteiger partial charge < -0.3 is 4.42 Å². The number of fused-ring (bicyclic) bond motifs is 2.